The van der Waals surface area contributed by atoms with Crippen LogP contribution in [0.15, 0.2) is 24.3 Å². The lowest BCUT2D eigenvalue weighted by molar-refractivity contribution is -0.116. The fourth-order valence-corrected chi connectivity index (χ4v) is 1.35. The van der Waals surface area contributed by atoms with Gasteiger partial charge in [-0.05, 0) is 24.1 Å². The van der Waals surface area contributed by atoms with Crippen molar-refractivity contribution in [2.24, 2.45) is 11.7 Å². The van der Waals surface area contributed by atoms with Crippen molar-refractivity contribution in [3.8, 4) is 12.3 Å². The van der Waals surface area contributed by atoms with Crippen molar-refractivity contribution >= 4 is 11.6 Å². The molecule has 90 valence electrons. The van der Waals surface area contributed by atoms with Crippen LogP contribution in [-0.2, 0) is 4.79 Å². The van der Waals surface area contributed by atoms with E-state index in [4.69, 9.17) is 12.2 Å². The minimum atomic E-state index is -0.120. The van der Waals surface area contributed by atoms with Gasteiger partial charge in [-0.15, -0.1) is 6.42 Å². The van der Waals surface area contributed by atoms with Gasteiger partial charge in [0, 0.05) is 23.7 Å². The molecule has 0 aliphatic rings. The molecular weight excluding hydrogens is 212 g/mol. The summed E-state index contributed by atoms with van der Waals surface area (Å²) in [6, 6.07) is 7.08. The maximum absolute atomic E-state index is 11.7. The second kappa shape index (κ2) is 6.07. The molecule has 0 radical (unpaired) electrons. The van der Waals surface area contributed by atoms with Gasteiger partial charge >= 0.3 is 0 Å². The van der Waals surface area contributed by atoms with Crippen molar-refractivity contribution in [3.05, 3.63) is 29.8 Å². The van der Waals surface area contributed by atoms with Gasteiger partial charge < -0.3 is 11.1 Å². The number of rotatable bonds is 4. The van der Waals surface area contributed by atoms with Gasteiger partial charge in [-0.2, -0.15) is 0 Å². The first-order valence-electron chi connectivity index (χ1n) is 5.65. The van der Waals surface area contributed by atoms with Crippen molar-refractivity contribution < 1.29 is 4.79 Å². The molecule has 0 bridgehead atoms. The van der Waals surface area contributed by atoms with Crippen molar-refractivity contribution in [3.63, 3.8) is 0 Å². The number of amides is 1. The summed E-state index contributed by atoms with van der Waals surface area (Å²) in [5.41, 5.74) is 7.29. The topological polar surface area (TPSA) is 55.1 Å². The number of hydrogen-bond acceptors (Lipinski definition) is 2. The van der Waals surface area contributed by atoms with E-state index in [1.54, 1.807) is 12.1 Å². The number of carbonyl (C=O) groups is 1. The summed E-state index contributed by atoms with van der Waals surface area (Å²) in [7, 11) is 0. The van der Waals surface area contributed by atoms with E-state index >= 15 is 0 Å². The van der Waals surface area contributed by atoms with Crippen molar-refractivity contribution in [1.82, 2.24) is 0 Å². The molecule has 17 heavy (non-hydrogen) atoms. The van der Waals surface area contributed by atoms with Crippen molar-refractivity contribution in [2.45, 2.75) is 26.3 Å². The summed E-state index contributed by atoms with van der Waals surface area (Å²) in [4.78, 5) is 11.7. The number of hydrogen-bond donors (Lipinski definition) is 2. The lowest BCUT2D eigenvalue weighted by Crippen LogP contribution is -2.31. The Bertz CT molecular complexity index is 432. The van der Waals surface area contributed by atoms with Crippen LogP contribution in [0.25, 0.3) is 0 Å². The third-order valence-corrected chi connectivity index (χ3v) is 2.59. The summed E-state index contributed by atoms with van der Waals surface area (Å²) in [6.45, 7) is 3.99. The molecule has 0 heterocycles. The Labute approximate surface area is 102 Å². The third kappa shape index (κ3) is 4.29. The average molecular weight is 230 g/mol. The molecule has 1 rings (SSSR count). The minimum absolute atomic E-state index is 0.0830. The molecule has 0 aliphatic heterocycles. The lowest BCUT2D eigenvalue weighted by Gasteiger charge is -2.15. The summed E-state index contributed by atoms with van der Waals surface area (Å²) < 4.78 is 0. The largest absolute Gasteiger partial charge is 0.327 e. The number of benzene rings is 1. The van der Waals surface area contributed by atoms with E-state index in [1.165, 1.54) is 0 Å². The first kappa shape index (κ1) is 13.3. The smallest absolute Gasteiger partial charge is 0.225 e. The first-order valence-corrected chi connectivity index (χ1v) is 5.65. The number of nitrogens with one attached hydrogen (secondary N) is 1. The van der Waals surface area contributed by atoms with Crippen LogP contribution in [0.3, 0.4) is 0 Å². The second-order valence-corrected chi connectivity index (χ2v) is 4.39. The van der Waals surface area contributed by atoms with E-state index in [9.17, 15) is 4.79 Å². The van der Waals surface area contributed by atoms with E-state index in [2.05, 4.69) is 11.2 Å². The lowest BCUT2D eigenvalue weighted by atomic mass is 10.0. The first-order chi connectivity index (χ1) is 8.02. The third-order valence-electron chi connectivity index (χ3n) is 2.59. The Morgan fingerprint density at radius 3 is 2.82 bits per heavy atom. The molecule has 1 aromatic carbocycles. The van der Waals surface area contributed by atoms with Gasteiger partial charge in [0.25, 0.3) is 0 Å². The molecule has 1 atom stereocenters. The average Bonchev–Trinajstić information content (AvgIpc) is 2.28. The van der Waals surface area contributed by atoms with E-state index in [0.29, 0.717) is 12.1 Å². The van der Waals surface area contributed by atoms with Crippen molar-refractivity contribution in [2.75, 3.05) is 5.32 Å². The van der Waals surface area contributed by atoms with Gasteiger partial charge in [0.15, 0.2) is 0 Å². The summed E-state index contributed by atoms with van der Waals surface area (Å²) in [6.07, 6.45) is 5.60. The minimum Gasteiger partial charge on any atom is -0.327 e. The number of carbonyl (C=O) groups excluding carboxylic acids is 1. The van der Waals surface area contributed by atoms with Crippen LogP contribution in [0.2, 0.25) is 0 Å². The fourth-order valence-electron chi connectivity index (χ4n) is 1.35. The molecule has 1 unspecified atom stereocenters. The van der Waals surface area contributed by atoms with Gasteiger partial charge in [-0.25, -0.2) is 0 Å². The number of terminal acetylenes is 1. The SMILES string of the molecule is C#Cc1cccc(NC(=O)CC(N)C(C)C)c1. The highest BCUT2D eigenvalue weighted by Crippen LogP contribution is 2.11. The molecule has 3 N–H and O–H groups in total. The standard InChI is InChI=1S/C14H18N2O/c1-4-11-6-5-7-12(8-11)16-14(17)9-13(15)10(2)3/h1,5-8,10,13H,9,15H2,2-3H3,(H,16,17). The fraction of sp³-hybridized carbons (Fsp3) is 0.357. The van der Waals surface area contributed by atoms with Crippen LogP contribution in [-0.4, -0.2) is 11.9 Å². The van der Waals surface area contributed by atoms with Crippen LogP contribution in [0.4, 0.5) is 5.69 Å². The van der Waals surface area contributed by atoms with E-state index < -0.39 is 0 Å². The molecule has 0 fully saturated rings. The quantitative estimate of drug-likeness (QED) is 0.777. The summed E-state index contributed by atoms with van der Waals surface area (Å²) in [5.74, 6) is 2.73. The predicted octanol–water partition coefficient (Wildman–Crippen LogP) is 1.98. The van der Waals surface area contributed by atoms with Crippen LogP contribution in [0.5, 0.6) is 0 Å². The van der Waals surface area contributed by atoms with E-state index in [1.807, 2.05) is 26.0 Å². The molecular formula is C14H18N2O. The highest BCUT2D eigenvalue weighted by molar-refractivity contribution is 5.91. The molecule has 1 aromatic rings. The Morgan fingerprint density at radius 2 is 2.24 bits per heavy atom. The van der Waals surface area contributed by atoms with Gasteiger partial charge in [-0.1, -0.05) is 25.8 Å². The number of anilines is 1. The molecule has 3 nitrogen and oxygen atoms in total. The van der Waals surface area contributed by atoms with Gasteiger partial charge in [0.1, 0.15) is 0 Å². The van der Waals surface area contributed by atoms with E-state index in [0.717, 1.165) is 5.56 Å². The predicted molar refractivity (Wildman–Crippen MR) is 70.4 cm³/mol. The van der Waals surface area contributed by atoms with Crippen LogP contribution in [0.1, 0.15) is 25.8 Å². The molecule has 1 amide bonds. The van der Waals surface area contributed by atoms with Crippen LogP contribution >= 0.6 is 0 Å². The molecule has 3 heteroatoms. The summed E-state index contributed by atoms with van der Waals surface area (Å²) >= 11 is 0. The van der Waals surface area contributed by atoms with Gasteiger partial charge in [0.05, 0.1) is 0 Å². The normalized spacial score (nSPS) is 11.9. The molecule has 0 aliphatic carbocycles. The maximum Gasteiger partial charge on any atom is 0.225 e. The Balaban J connectivity index is 2.59. The second-order valence-electron chi connectivity index (χ2n) is 4.39. The number of nitrogens with two attached hydrogens (primary N) is 1. The van der Waals surface area contributed by atoms with Crippen molar-refractivity contribution in [1.29, 1.82) is 0 Å². The highest BCUT2D eigenvalue weighted by Gasteiger charge is 2.12. The molecule has 0 spiro atoms. The molecule has 0 saturated carbocycles. The van der Waals surface area contributed by atoms with Crippen LogP contribution in [0, 0.1) is 18.3 Å². The Morgan fingerprint density at radius 1 is 1.53 bits per heavy atom. The highest BCUT2D eigenvalue weighted by atomic mass is 16.1. The Kier molecular flexibility index (Phi) is 4.74. The van der Waals surface area contributed by atoms with Gasteiger partial charge in [0.2, 0.25) is 5.91 Å². The maximum atomic E-state index is 11.7. The summed E-state index contributed by atoms with van der Waals surface area (Å²) in [5, 5.41) is 2.79. The zero-order valence-electron chi connectivity index (χ0n) is 10.2. The molecule has 0 saturated heterocycles. The molecule has 0 aromatic heterocycles. The monoisotopic (exact) mass is 230 g/mol. The zero-order chi connectivity index (χ0) is 12.8. The van der Waals surface area contributed by atoms with E-state index in [-0.39, 0.29) is 17.9 Å². The van der Waals surface area contributed by atoms with Crippen LogP contribution < -0.4 is 11.1 Å². The Hall–Kier alpha value is -1.79. The zero-order valence-corrected chi connectivity index (χ0v) is 10.2. The van der Waals surface area contributed by atoms with Gasteiger partial charge in [-0.3, -0.25) is 4.79 Å².